The van der Waals surface area contributed by atoms with Crippen molar-refractivity contribution in [1.29, 1.82) is 0 Å². The lowest BCUT2D eigenvalue weighted by Gasteiger charge is -2.23. The second-order valence-electron chi connectivity index (χ2n) is 6.39. The molecule has 3 rings (SSSR count). The van der Waals surface area contributed by atoms with Gasteiger partial charge in [-0.05, 0) is 30.5 Å². The van der Waals surface area contributed by atoms with Crippen molar-refractivity contribution in [2.24, 2.45) is 0 Å². The highest BCUT2D eigenvalue weighted by molar-refractivity contribution is 5.82. The Hall–Kier alpha value is -2.57. The first kappa shape index (κ1) is 21.7. The first-order valence-corrected chi connectivity index (χ1v) is 8.70. The number of alkyl halides is 3. The van der Waals surface area contributed by atoms with E-state index >= 15 is 0 Å². The van der Waals surface area contributed by atoms with Crippen LogP contribution in [0.2, 0.25) is 0 Å². The predicted octanol–water partition coefficient (Wildman–Crippen LogP) is 1.80. The fourth-order valence-corrected chi connectivity index (χ4v) is 3.20. The van der Waals surface area contributed by atoms with Crippen LogP contribution in [-0.2, 0) is 20.7 Å². The molecule has 1 saturated heterocycles. The number of halogens is 3. The third-order valence-electron chi connectivity index (χ3n) is 4.48. The second kappa shape index (κ2) is 9.57. The van der Waals surface area contributed by atoms with E-state index in [0.29, 0.717) is 0 Å². The van der Waals surface area contributed by atoms with Gasteiger partial charge in [0, 0.05) is 6.42 Å². The van der Waals surface area contributed by atoms with Crippen LogP contribution < -0.4 is 10.6 Å². The molecule has 1 aliphatic heterocycles. The van der Waals surface area contributed by atoms with Gasteiger partial charge in [-0.2, -0.15) is 13.2 Å². The van der Waals surface area contributed by atoms with Crippen LogP contribution in [0.25, 0.3) is 0 Å². The summed E-state index contributed by atoms with van der Waals surface area (Å²) >= 11 is 0. The molecule has 1 aromatic carbocycles. The maximum absolute atomic E-state index is 12.4. The van der Waals surface area contributed by atoms with Gasteiger partial charge in [0.15, 0.2) is 0 Å². The minimum Gasteiger partial charge on any atom is -0.475 e. The largest absolute Gasteiger partial charge is 0.490 e. The van der Waals surface area contributed by atoms with Gasteiger partial charge in [0.2, 0.25) is 5.91 Å². The van der Waals surface area contributed by atoms with E-state index in [1.165, 1.54) is 5.56 Å². The van der Waals surface area contributed by atoms with Gasteiger partial charge in [0.05, 0.1) is 18.2 Å². The molecule has 9 heteroatoms. The number of carboxylic acid groups (broad SMARTS) is 1. The lowest BCUT2D eigenvalue weighted by molar-refractivity contribution is -0.192. The molecule has 28 heavy (non-hydrogen) atoms. The van der Waals surface area contributed by atoms with Crippen LogP contribution in [0.3, 0.4) is 0 Å². The van der Waals surface area contributed by atoms with Gasteiger partial charge >= 0.3 is 12.1 Å². The molecule has 1 fully saturated rings. The number of carboxylic acids is 1. The van der Waals surface area contributed by atoms with Crippen LogP contribution in [0.1, 0.15) is 30.0 Å². The number of hydrogen-bond acceptors (Lipinski definition) is 4. The van der Waals surface area contributed by atoms with Gasteiger partial charge in [-0.1, -0.05) is 30.2 Å². The van der Waals surface area contributed by atoms with Gasteiger partial charge in [0.25, 0.3) is 0 Å². The smallest absolute Gasteiger partial charge is 0.475 e. The zero-order chi connectivity index (χ0) is 20.7. The SMILES string of the molecule is C#CCOC1Cc2ccccc2C1NC(=O)C1CCCN1.O=C(O)C(F)(F)F. The Kier molecular flexibility index (Phi) is 7.43. The number of ether oxygens (including phenoxy) is 1. The average Bonchev–Trinajstić information content (AvgIpc) is 3.28. The van der Waals surface area contributed by atoms with Crippen LogP contribution in [0.15, 0.2) is 24.3 Å². The van der Waals surface area contributed by atoms with Gasteiger partial charge in [-0.3, -0.25) is 4.79 Å². The number of rotatable bonds is 4. The number of hydrogen-bond donors (Lipinski definition) is 3. The molecule has 3 N–H and O–H groups in total. The Morgan fingerprint density at radius 2 is 2.04 bits per heavy atom. The summed E-state index contributed by atoms with van der Waals surface area (Å²) in [7, 11) is 0. The van der Waals surface area contributed by atoms with E-state index in [1.807, 2.05) is 12.1 Å². The van der Waals surface area contributed by atoms with E-state index < -0.39 is 12.1 Å². The Morgan fingerprint density at radius 1 is 1.36 bits per heavy atom. The minimum atomic E-state index is -5.08. The predicted molar refractivity (Wildman–Crippen MR) is 94.3 cm³/mol. The summed E-state index contributed by atoms with van der Waals surface area (Å²) in [6.07, 6.45) is 2.87. The summed E-state index contributed by atoms with van der Waals surface area (Å²) in [5.74, 6) is -0.195. The third kappa shape index (κ3) is 5.71. The van der Waals surface area contributed by atoms with E-state index in [1.54, 1.807) is 0 Å². The Balaban J connectivity index is 0.000000345. The summed E-state index contributed by atoms with van der Waals surface area (Å²) in [4.78, 5) is 21.3. The highest BCUT2D eigenvalue weighted by Crippen LogP contribution is 2.33. The van der Waals surface area contributed by atoms with E-state index in [4.69, 9.17) is 21.1 Å². The van der Waals surface area contributed by atoms with Crippen molar-refractivity contribution >= 4 is 11.9 Å². The minimum absolute atomic E-state index is 0.0588. The molecule has 152 valence electrons. The van der Waals surface area contributed by atoms with E-state index in [-0.39, 0.29) is 30.7 Å². The highest BCUT2D eigenvalue weighted by atomic mass is 19.4. The molecule has 0 radical (unpaired) electrons. The van der Waals surface area contributed by atoms with Crippen molar-refractivity contribution in [2.75, 3.05) is 13.2 Å². The zero-order valence-corrected chi connectivity index (χ0v) is 15.0. The number of fused-ring (bicyclic) bond motifs is 1. The number of carbonyl (C=O) groups excluding carboxylic acids is 1. The Labute approximate surface area is 160 Å². The molecule has 1 aliphatic carbocycles. The summed E-state index contributed by atoms with van der Waals surface area (Å²) in [5, 5.41) is 13.5. The quantitative estimate of drug-likeness (QED) is 0.674. The van der Waals surface area contributed by atoms with E-state index in [9.17, 15) is 18.0 Å². The van der Waals surface area contributed by atoms with Crippen LogP contribution in [0.5, 0.6) is 0 Å². The van der Waals surface area contributed by atoms with Gasteiger partial charge in [-0.25, -0.2) is 4.79 Å². The number of carbonyl (C=O) groups is 2. The van der Waals surface area contributed by atoms with E-state index in [0.717, 1.165) is 31.4 Å². The second-order valence-corrected chi connectivity index (χ2v) is 6.39. The van der Waals surface area contributed by atoms with Crippen LogP contribution in [-0.4, -0.2) is 48.5 Å². The standard InChI is InChI=1S/C17H20N2O2.C2HF3O2/c1-2-10-21-15-11-12-6-3-4-7-13(12)16(15)19-17(20)14-8-5-9-18-14;3-2(4,5)1(6)7/h1,3-4,6-7,14-16,18H,5,8-11H2,(H,19,20);(H,6,7). The molecule has 1 amide bonds. The topological polar surface area (TPSA) is 87.7 Å². The van der Waals surface area contributed by atoms with Gasteiger partial charge in [0.1, 0.15) is 6.61 Å². The Morgan fingerprint density at radius 3 is 2.61 bits per heavy atom. The molecule has 0 saturated carbocycles. The van der Waals surface area contributed by atoms with Gasteiger partial charge in [-0.15, -0.1) is 6.42 Å². The Bertz CT molecular complexity index is 739. The van der Waals surface area contributed by atoms with Crippen molar-refractivity contribution in [3.63, 3.8) is 0 Å². The summed E-state index contributed by atoms with van der Waals surface area (Å²) < 4.78 is 37.5. The number of nitrogens with one attached hydrogen (secondary N) is 2. The zero-order valence-electron chi connectivity index (χ0n) is 15.0. The first-order chi connectivity index (χ1) is 13.2. The number of benzene rings is 1. The third-order valence-corrected chi connectivity index (χ3v) is 4.48. The lowest BCUT2D eigenvalue weighted by atomic mass is 10.1. The van der Waals surface area contributed by atoms with Crippen molar-refractivity contribution < 1.29 is 32.6 Å². The fourth-order valence-electron chi connectivity index (χ4n) is 3.20. The lowest BCUT2D eigenvalue weighted by Crippen LogP contribution is -2.44. The maximum Gasteiger partial charge on any atom is 0.490 e. The normalized spacial score (nSPS) is 23.1. The average molecular weight is 398 g/mol. The van der Waals surface area contributed by atoms with Crippen molar-refractivity contribution in [1.82, 2.24) is 10.6 Å². The molecule has 0 spiro atoms. The molecule has 0 bridgehead atoms. The molecule has 3 atom stereocenters. The van der Waals surface area contributed by atoms with Gasteiger partial charge < -0.3 is 20.5 Å². The summed E-state index contributed by atoms with van der Waals surface area (Å²) in [5.41, 5.74) is 2.37. The number of terminal acetylenes is 1. The summed E-state index contributed by atoms with van der Waals surface area (Å²) in [6.45, 7) is 1.18. The molecule has 0 aromatic heterocycles. The molecule has 2 aliphatic rings. The molecular weight excluding hydrogens is 377 g/mol. The van der Waals surface area contributed by atoms with Crippen molar-refractivity contribution in [3.05, 3.63) is 35.4 Å². The molecule has 6 nitrogen and oxygen atoms in total. The summed E-state index contributed by atoms with van der Waals surface area (Å²) in [6, 6.07) is 7.97. The number of aliphatic carboxylic acids is 1. The van der Waals surface area contributed by atoms with Crippen LogP contribution in [0.4, 0.5) is 13.2 Å². The first-order valence-electron chi connectivity index (χ1n) is 8.70. The van der Waals surface area contributed by atoms with E-state index in [2.05, 4.69) is 28.7 Å². The molecule has 3 unspecified atom stereocenters. The molecule has 1 aromatic rings. The molecular formula is C19H21F3N2O4. The van der Waals surface area contributed by atoms with Crippen LogP contribution >= 0.6 is 0 Å². The monoisotopic (exact) mass is 398 g/mol. The maximum atomic E-state index is 12.4. The highest BCUT2D eigenvalue weighted by Gasteiger charge is 2.38. The molecule has 1 heterocycles. The van der Waals surface area contributed by atoms with Crippen molar-refractivity contribution in [2.45, 2.75) is 43.6 Å². The fraction of sp³-hybridized carbons (Fsp3) is 0.474. The van der Waals surface area contributed by atoms with Crippen LogP contribution in [0, 0.1) is 12.3 Å². The van der Waals surface area contributed by atoms with Crippen molar-refractivity contribution in [3.8, 4) is 12.3 Å². The number of amides is 1.